The Hall–Kier alpha value is -1.92. The molecule has 0 aromatic rings. The predicted octanol–water partition coefficient (Wildman–Crippen LogP) is 6.36. The Morgan fingerprint density at radius 1 is 1.22 bits per heavy atom. The normalized spacial score (nSPS) is 19.8. The summed E-state index contributed by atoms with van der Waals surface area (Å²) in [4.78, 5) is 10.9. The zero-order valence-corrected chi connectivity index (χ0v) is 21.8. The Bertz CT molecular complexity index is 735. The number of ether oxygens (including phenoxy) is 3. The molecule has 0 spiro atoms. The Kier molecular flexibility index (Phi) is 14.1. The summed E-state index contributed by atoms with van der Waals surface area (Å²) in [6.07, 6.45) is 3.92. The largest absolute Gasteiger partial charge is 0.497 e. The summed E-state index contributed by atoms with van der Waals surface area (Å²) < 4.78 is 32.6. The van der Waals surface area contributed by atoms with Gasteiger partial charge in [0.25, 0.3) is 6.47 Å². The monoisotopic (exact) mass is 470 g/mol. The van der Waals surface area contributed by atoms with Crippen LogP contribution < -0.4 is 0 Å². The van der Waals surface area contributed by atoms with Crippen molar-refractivity contribution in [2.45, 2.75) is 54.1 Å². The van der Waals surface area contributed by atoms with Gasteiger partial charge >= 0.3 is 8.60 Å². The Balaban J connectivity index is 0.00000466. The molecular formula is C24H39O7P. The molecule has 7 nitrogen and oxygen atoms in total. The van der Waals surface area contributed by atoms with Gasteiger partial charge in [0.2, 0.25) is 0 Å². The highest BCUT2D eigenvalue weighted by atomic mass is 31.2. The van der Waals surface area contributed by atoms with Crippen LogP contribution in [0.5, 0.6) is 0 Å². The van der Waals surface area contributed by atoms with Crippen molar-refractivity contribution in [3.8, 4) is 0 Å². The smallest absolute Gasteiger partial charge is 0.333 e. The van der Waals surface area contributed by atoms with Crippen molar-refractivity contribution in [3.63, 3.8) is 0 Å². The fourth-order valence-electron chi connectivity index (χ4n) is 3.31. The van der Waals surface area contributed by atoms with E-state index in [-0.39, 0.29) is 29.6 Å². The van der Waals surface area contributed by atoms with Gasteiger partial charge in [-0.2, -0.15) is 0 Å². The third-order valence-electron chi connectivity index (χ3n) is 4.94. The zero-order valence-electron chi connectivity index (χ0n) is 20.9. The molecule has 1 aliphatic rings. The molecule has 2 atom stereocenters. The molecule has 0 radical (unpaired) electrons. The van der Waals surface area contributed by atoms with Crippen LogP contribution in [-0.4, -0.2) is 40.5 Å². The second kappa shape index (κ2) is 15.0. The lowest BCUT2D eigenvalue weighted by molar-refractivity contribution is -0.125. The number of hydrogen-bond donors (Lipinski definition) is 0. The summed E-state index contributed by atoms with van der Waals surface area (Å²) >= 11 is 0. The number of hydrogen-bond acceptors (Lipinski definition) is 7. The van der Waals surface area contributed by atoms with Crippen LogP contribution in [0.15, 0.2) is 59.3 Å². The van der Waals surface area contributed by atoms with Crippen LogP contribution in [0.25, 0.3) is 0 Å². The minimum atomic E-state index is -1.66. The van der Waals surface area contributed by atoms with Crippen LogP contribution in [0.2, 0.25) is 0 Å². The fourth-order valence-corrected chi connectivity index (χ4v) is 4.17. The summed E-state index contributed by atoms with van der Waals surface area (Å²) in [5.74, 6) is 0.920. The van der Waals surface area contributed by atoms with Crippen molar-refractivity contribution in [3.05, 3.63) is 59.3 Å². The van der Waals surface area contributed by atoms with Crippen molar-refractivity contribution in [1.29, 1.82) is 0 Å². The van der Waals surface area contributed by atoms with E-state index in [1.54, 1.807) is 13.0 Å². The molecule has 0 amide bonds. The number of methoxy groups -OCH3 is 2. The molecule has 0 N–H and O–H groups in total. The average Bonchev–Trinajstić information content (AvgIpc) is 2.77. The third-order valence-corrected chi connectivity index (χ3v) is 6.03. The highest BCUT2D eigenvalue weighted by Crippen LogP contribution is 2.49. The minimum Gasteiger partial charge on any atom is -0.497 e. The second-order valence-electron chi connectivity index (χ2n) is 7.23. The van der Waals surface area contributed by atoms with Gasteiger partial charge < -0.3 is 27.8 Å². The van der Waals surface area contributed by atoms with E-state index in [2.05, 4.69) is 27.0 Å². The topological polar surface area (TPSA) is 72.5 Å². The number of allylic oxidation sites excluding steroid dienone is 3. The highest BCUT2D eigenvalue weighted by molar-refractivity contribution is 7.41. The molecule has 0 bridgehead atoms. The van der Waals surface area contributed by atoms with Gasteiger partial charge in [-0.15, -0.1) is 0 Å². The van der Waals surface area contributed by atoms with Gasteiger partial charge in [0.05, 0.1) is 26.9 Å². The molecule has 0 aromatic carbocycles. The number of rotatable bonds is 12. The zero-order chi connectivity index (χ0) is 24.9. The summed E-state index contributed by atoms with van der Waals surface area (Å²) in [6, 6.07) is 0. The summed E-state index contributed by atoms with van der Waals surface area (Å²) in [5, 5.41) is 0. The lowest BCUT2D eigenvalue weighted by Crippen LogP contribution is -2.31. The summed E-state index contributed by atoms with van der Waals surface area (Å²) in [5.41, 5.74) is 3.02. The van der Waals surface area contributed by atoms with Gasteiger partial charge in [-0.3, -0.25) is 4.79 Å². The molecule has 0 fully saturated rings. The quantitative estimate of drug-likeness (QED) is 0.142. The van der Waals surface area contributed by atoms with Crippen LogP contribution in [0.4, 0.5) is 0 Å². The molecule has 182 valence electrons. The van der Waals surface area contributed by atoms with Gasteiger partial charge in [-0.1, -0.05) is 46.9 Å². The summed E-state index contributed by atoms with van der Waals surface area (Å²) in [6.45, 7) is 20.5. The van der Waals surface area contributed by atoms with E-state index in [4.69, 9.17) is 27.8 Å². The first kappa shape index (κ1) is 30.1. The van der Waals surface area contributed by atoms with E-state index >= 15 is 0 Å². The molecular weight excluding hydrogens is 431 g/mol. The van der Waals surface area contributed by atoms with Crippen molar-refractivity contribution >= 4 is 15.1 Å². The average molecular weight is 471 g/mol. The maximum Gasteiger partial charge on any atom is 0.333 e. The first-order valence-electron chi connectivity index (χ1n) is 10.4. The van der Waals surface area contributed by atoms with Crippen LogP contribution in [-0.2, 0) is 32.6 Å². The number of carbonyl (C=O) groups is 1. The Labute approximate surface area is 194 Å². The SMILES string of the molecule is C=CC1=C(C)C(=C)C(OP(OC)OC/C=C(OC=O)\C(OC)=C(/C)OC)CC1(C)C.CC. The molecule has 0 heterocycles. The minimum absolute atomic E-state index is 0.0713. The van der Waals surface area contributed by atoms with Crippen LogP contribution in [0, 0.1) is 5.41 Å². The third kappa shape index (κ3) is 8.21. The van der Waals surface area contributed by atoms with Crippen molar-refractivity contribution < 1.29 is 32.6 Å². The van der Waals surface area contributed by atoms with Crippen molar-refractivity contribution in [1.82, 2.24) is 0 Å². The standard InChI is InChI=1S/C22H33O7P.C2H6/c1-10-18-15(2)16(3)20(13-22(18,5)6)29-30(26-9)28-12-11-19(27-14-23)21(25-8)17(4)24-7;1-2/h10-11,14,20H,1,3,12-13H2,2,4-9H3;1-2H3/b19-11+,21-17-;. The van der Waals surface area contributed by atoms with E-state index in [1.165, 1.54) is 26.9 Å². The first-order valence-corrected chi connectivity index (χ1v) is 11.5. The van der Waals surface area contributed by atoms with Crippen molar-refractivity contribution in [2.24, 2.45) is 5.41 Å². The van der Waals surface area contributed by atoms with E-state index < -0.39 is 8.60 Å². The Morgan fingerprint density at radius 2 is 1.84 bits per heavy atom. The molecule has 0 saturated heterocycles. The molecule has 0 aromatic heterocycles. The molecule has 0 aliphatic heterocycles. The van der Waals surface area contributed by atoms with Crippen molar-refractivity contribution in [2.75, 3.05) is 27.9 Å². The van der Waals surface area contributed by atoms with E-state index in [0.717, 1.165) is 17.6 Å². The van der Waals surface area contributed by atoms with Gasteiger partial charge in [0, 0.05) is 7.11 Å². The highest BCUT2D eigenvalue weighted by Gasteiger charge is 2.36. The second-order valence-corrected chi connectivity index (χ2v) is 8.51. The van der Waals surface area contributed by atoms with E-state index in [9.17, 15) is 4.79 Å². The lowest BCUT2D eigenvalue weighted by Gasteiger charge is -2.39. The predicted molar refractivity (Wildman–Crippen MR) is 128 cm³/mol. The number of carbonyl (C=O) groups excluding carboxylic acids is 1. The van der Waals surface area contributed by atoms with Gasteiger partial charge in [-0.05, 0) is 48.5 Å². The first-order chi connectivity index (χ1) is 15.2. The van der Waals surface area contributed by atoms with Gasteiger partial charge in [-0.25, -0.2) is 0 Å². The fraction of sp³-hybridized carbons (Fsp3) is 0.542. The molecule has 1 aliphatic carbocycles. The maximum atomic E-state index is 10.9. The molecule has 2 unspecified atom stereocenters. The van der Waals surface area contributed by atoms with Crippen LogP contribution in [0.1, 0.15) is 48.0 Å². The van der Waals surface area contributed by atoms with E-state index in [0.29, 0.717) is 12.2 Å². The molecule has 0 saturated carbocycles. The van der Waals surface area contributed by atoms with Gasteiger partial charge in [0.1, 0.15) is 5.76 Å². The maximum absolute atomic E-state index is 10.9. The molecule has 1 rings (SSSR count). The molecule has 8 heteroatoms. The van der Waals surface area contributed by atoms with Crippen LogP contribution >= 0.6 is 8.60 Å². The van der Waals surface area contributed by atoms with E-state index in [1.807, 2.05) is 26.8 Å². The Morgan fingerprint density at radius 3 is 2.31 bits per heavy atom. The van der Waals surface area contributed by atoms with Gasteiger partial charge in [0.15, 0.2) is 11.5 Å². The lowest BCUT2D eigenvalue weighted by atomic mass is 9.70. The molecule has 32 heavy (non-hydrogen) atoms. The van der Waals surface area contributed by atoms with Crippen LogP contribution in [0.3, 0.4) is 0 Å². The summed E-state index contributed by atoms with van der Waals surface area (Å²) in [7, 11) is 2.81.